The van der Waals surface area contributed by atoms with Crippen molar-refractivity contribution in [3.05, 3.63) is 71.8 Å². The number of benzene rings is 2. The number of alkyl carbamates (subject to hydrolysis) is 2. The number of hydrogen-bond donors (Lipinski definition) is 5. The van der Waals surface area contributed by atoms with Crippen molar-refractivity contribution in [3.8, 4) is 0 Å². The Kier molecular flexibility index (Phi) is 15.9. The first-order valence-corrected chi connectivity index (χ1v) is 15.6. The van der Waals surface area contributed by atoms with Gasteiger partial charge >= 0.3 is 12.2 Å². The molecule has 0 heterocycles. The zero-order valence-electron chi connectivity index (χ0n) is 27.5. The van der Waals surface area contributed by atoms with Crippen LogP contribution in [0.25, 0.3) is 0 Å². The van der Waals surface area contributed by atoms with Gasteiger partial charge < -0.3 is 36.5 Å². The van der Waals surface area contributed by atoms with E-state index in [0.29, 0.717) is 25.8 Å². The van der Waals surface area contributed by atoms with Crippen LogP contribution < -0.4 is 27.0 Å². The first kappa shape index (κ1) is 38.2. The number of unbranched alkanes of at least 4 members (excludes halogenated alkanes) is 1. The zero-order chi connectivity index (χ0) is 34.8. The van der Waals surface area contributed by atoms with Gasteiger partial charge in [-0.25, -0.2) is 9.59 Å². The van der Waals surface area contributed by atoms with Crippen molar-refractivity contribution in [1.82, 2.24) is 21.3 Å². The minimum atomic E-state index is -1.22. The van der Waals surface area contributed by atoms with Gasteiger partial charge in [-0.15, -0.1) is 0 Å². The molecule has 0 saturated heterocycles. The molecule has 47 heavy (non-hydrogen) atoms. The van der Waals surface area contributed by atoms with Crippen LogP contribution in [0, 0.1) is 0 Å². The smallest absolute Gasteiger partial charge is 0.408 e. The molecule has 2 aromatic carbocycles. The summed E-state index contributed by atoms with van der Waals surface area (Å²) in [5.74, 6) is -2.27. The molecule has 0 aromatic heterocycles. The maximum Gasteiger partial charge on any atom is 0.408 e. The lowest BCUT2D eigenvalue weighted by atomic mass is 10.0. The molecular formula is C34H47N5O8. The number of carbonyl (C=O) groups is 6. The Bertz CT molecular complexity index is 1330. The molecule has 256 valence electrons. The van der Waals surface area contributed by atoms with Crippen LogP contribution >= 0.6 is 0 Å². The molecular weight excluding hydrogens is 606 g/mol. The van der Waals surface area contributed by atoms with E-state index >= 15 is 0 Å². The fourth-order valence-corrected chi connectivity index (χ4v) is 4.42. The number of nitrogens with one attached hydrogen (secondary N) is 4. The highest BCUT2D eigenvalue weighted by molar-refractivity contribution is 5.94. The molecule has 0 aliphatic rings. The second-order valence-corrected chi connectivity index (χ2v) is 12.1. The molecule has 2 aromatic rings. The molecule has 0 radical (unpaired) electrons. The largest absolute Gasteiger partial charge is 0.445 e. The van der Waals surface area contributed by atoms with Gasteiger partial charge in [0.2, 0.25) is 17.7 Å². The molecule has 0 aliphatic carbocycles. The highest BCUT2D eigenvalue weighted by atomic mass is 16.6. The lowest BCUT2D eigenvalue weighted by Gasteiger charge is -2.26. The zero-order valence-corrected chi connectivity index (χ0v) is 27.5. The van der Waals surface area contributed by atoms with E-state index in [2.05, 4.69) is 21.3 Å². The minimum Gasteiger partial charge on any atom is -0.445 e. The molecule has 0 fully saturated rings. The second-order valence-electron chi connectivity index (χ2n) is 12.1. The highest BCUT2D eigenvalue weighted by Crippen LogP contribution is 2.10. The van der Waals surface area contributed by atoms with Gasteiger partial charge in [0.05, 0.1) is 6.04 Å². The van der Waals surface area contributed by atoms with Crippen LogP contribution in [0.15, 0.2) is 60.7 Å². The van der Waals surface area contributed by atoms with Crippen LogP contribution in [0.3, 0.4) is 0 Å². The Morgan fingerprint density at radius 3 is 1.87 bits per heavy atom. The summed E-state index contributed by atoms with van der Waals surface area (Å²) in [6.45, 7) is 6.81. The molecule has 0 spiro atoms. The Morgan fingerprint density at radius 1 is 0.723 bits per heavy atom. The topological polar surface area (TPSA) is 195 Å². The standard InChI is InChI=1S/C34H47N5O8/c1-23(40)26(17-11-12-20-36-32(44)46-22-25-15-9-6-10-16-25)37-31(43)28(21-24-13-7-5-8-14-24)38-30(42)27(18-19-29(35)41)39-33(45)47-34(2,3)4/h5-10,13-16,26-28H,11-12,17-22H2,1-4H3,(H2,35,41)(H,36,44)(H,37,43)(H,38,42)(H,39,45)/t26-,27-,28-/m0/s1. The van der Waals surface area contributed by atoms with E-state index in [1.807, 2.05) is 36.4 Å². The van der Waals surface area contributed by atoms with Crippen molar-refractivity contribution in [3.63, 3.8) is 0 Å². The molecule has 6 N–H and O–H groups in total. The molecule has 13 heteroatoms. The second kappa shape index (κ2) is 19.5. The van der Waals surface area contributed by atoms with Crippen LogP contribution in [0.5, 0.6) is 0 Å². The van der Waals surface area contributed by atoms with Gasteiger partial charge in [-0.3, -0.25) is 19.2 Å². The van der Waals surface area contributed by atoms with Crippen LogP contribution in [0.2, 0.25) is 0 Å². The predicted octanol–water partition coefficient (Wildman–Crippen LogP) is 3.04. The molecule has 0 aliphatic heterocycles. The van der Waals surface area contributed by atoms with E-state index in [9.17, 15) is 28.8 Å². The van der Waals surface area contributed by atoms with Crippen LogP contribution in [-0.2, 0) is 41.7 Å². The number of carbonyl (C=O) groups excluding carboxylic acids is 6. The van der Waals surface area contributed by atoms with Crippen LogP contribution in [0.4, 0.5) is 9.59 Å². The van der Waals surface area contributed by atoms with Crippen molar-refractivity contribution in [2.75, 3.05) is 6.54 Å². The lowest BCUT2D eigenvalue weighted by Crippen LogP contribution is -2.56. The van der Waals surface area contributed by atoms with Gasteiger partial charge in [0.15, 0.2) is 5.78 Å². The average molecular weight is 654 g/mol. The van der Waals surface area contributed by atoms with Gasteiger partial charge in [0, 0.05) is 19.4 Å². The number of hydrogen-bond acceptors (Lipinski definition) is 8. The van der Waals surface area contributed by atoms with E-state index in [1.54, 1.807) is 45.0 Å². The van der Waals surface area contributed by atoms with Gasteiger partial charge in [0.1, 0.15) is 24.3 Å². The van der Waals surface area contributed by atoms with E-state index in [1.165, 1.54) is 6.92 Å². The van der Waals surface area contributed by atoms with E-state index in [-0.39, 0.29) is 31.7 Å². The number of rotatable bonds is 18. The van der Waals surface area contributed by atoms with E-state index in [0.717, 1.165) is 11.1 Å². The summed E-state index contributed by atoms with van der Waals surface area (Å²) in [6.07, 6.45) is -0.320. The maximum atomic E-state index is 13.5. The number of ether oxygens (including phenoxy) is 2. The molecule has 2 rings (SSSR count). The summed E-state index contributed by atoms with van der Waals surface area (Å²) in [6, 6.07) is 15.1. The highest BCUT2D eigenvalue weighted by Gasteiger charge is 2.30. The third kappa shape index (κ3) is 16.3. The molecule has 0 saturated carbocycles. The fourth-order valence-electron chi connectivity index (χ4n) is 4.42. The average Bonchev–Trinajstić information content (AvgIpc) is 3.00. The number of amides is 5. The monoisotopic (exact) mass is 653 g/mol. The van der Waals surface area contributed by atoms with Gasteiger partial charge in [-0.1, -0.05) is 60.7 Å². The summed E-state index contributed by atoms with van der Waals surface area (Å²) < 4.78 is 10.4. The molecule has 13 nitrogen and oxygen atoms in total. The van der Waals surface area contributed by atoms with Crippen LogP contribution in [-0.4, -0.2) is 66.0 Å². The Hall–Kier alpha value is -4.94. The van der Waals surface area contributed by atoms with Gasteiger partial charge in [-0.05, 0) is 64.5 Å². The number of primary amides is 1. The SMILES string of the molecule is CC(=O)[C@H](CCCCNC(=O)OCc1ccccc1)NC(=O)[C@H](Cc1ccccc1)NC(=O)[C@H](CCC(N)=O)NC(=O)OC(C)(C)C. The fraction of sp³-hybridized carbons (Fsp3) is 0.471. The van der Waals surface area contributed by atoms with Crippen molar-refractivity contribution in [2.45, 2.75) is 96.6 Å². The van der Waals surface area contributed by atoms with Crippen molar-refractivity contribution in [2.24, 2.45) is 5.73 Å². The molecule has 5 amide bonds. The Morgan fingerprint density at radius 2 is 1.30 bits per heavy atom. The van der Waals surface area contributed by atoms with Crippen molar-refractivity contribution in [1.29, 1.82) is 0 Å². The van der Waals surface area contributed by atoms with Crippen molar-refractivity contribution < 1.29 is 38.2 Å². The Balaban J connectivity index is 2.02. The van der Waals surface area contributed by atoms with E-state index in [4.69, 9.17) is 15.2 Å². The predicted molar refractivity (Wildman–Crippen MR) is 175 cm³/mol. The summed E-state index contributed by atoms with van der Waals surface area (Å²) in [4.78, 5) is 75.3. The molecule has 0 unspecified atom stereocenters. The molecule has 3 atom stereocenters. The number of nitrogens with two attached hydrogens (primary N) is 1. The first-order chi connectivity index (χ1) is 22.2. The minimum absolute atomic E-state index is 0.0903. The summed E-state index contributed by atoms with van der Waals surface area (Å²) in [5.41, 5.74) is 6.05. The number of ketones is 1. The maximum absolute atomic E-state index is 13.5. The normalized spacial score (nSPS) is 12.9. The quantitative estimate of drug-likeness (QED) is 0.151. The third-order valence-electron chi connectivity index (χ3n) is 6.81. The summed E-state index contributed by atoms with van der Waals surface area (Å²) in [7, 11) is 0. The molecule has 0 bridgehead atoms. The van der Waals surface area contributed by atoms with Crippen molar-refractivity contribution >= 4 is 35.7 Å². The Labute approximate surface area is 275 Å². The van der Waals surface area contributed by atoms with Crippen LogP contribution in [0.1, 0.15) is 70.9 Å². The third-order valence-corrected chi connectivity index (χ3v) is 6.81. The first-order valence-electron chi connectivity index (χ1n) is 15.6. The summed E-state index contributed by atoms with van der Waals surface area (Å²) in [5, 5.41) is 10.5. The van der Waals surface area contributed by atoms with E-state index < -0.39 is 53.6 Å². The lowest BCUT2D eigenvalue weighted by molar-refractivity contribution is -0.132. The number of Topliss-reactive ketones (excluding diaryl/α,β-unsaturated/α-hetero) is 1. The van der Waals surface area contributed by atoms with Gasteiger partial charge in [0.25, 0.3) is 0 Å². The van der Waals surface area contributed by atoms with Gasteiger partial charge in [-0.2, -0.15) is 0 Å². The summed E-state index contributed by atoms with van der Waals surface area (Å²) >= 11 is 0.